The van der Waals surface area contributed by atoms with E-state index < -0.39 is 11.5 Å². The Balaban J connectivity index is 1.76. The molecule has 0 aliphatic carbocycles. The molecule has 4 heterocycles. The molecule has 0 spiro atoms. The van der Waals surface area contributed by atoms with Crippen LogP contribution in [0.3, 0.4) is 0 Å². The van der Waals surface area contributed by atoms with E-state index in [1.165, 1.54) is 0 Å². The molecular formula is C26H35N7O3. The monoisotopic (exact) mass is 493 g/mol. The van der Waals surface area contributed by atoms with Crippen molar-refractivity contribution in [3.8, 4) is 5.82 Å². The van der Waals surface area contributed by atoms with Crippen molar-refractivity contribution in [2.45, 2.75) is 72.1 Å². The Kier molecular flexibility index (Phi) is 6.64. The highest BCUT2D eigenvalue weighted by Gasteiger charge is 2.36. The summed E-state index contributed by atoms with van der Waals surface area (Å²) in [4.78, 5) is 42.4. The number of carbonyl (C=O) groups is 2. The molecular weight excluding hydrogens is 458 g/mol. The first-order chi connectivity index (χ1) is 16.9. The standard InChI is InChI=1S/C26H35N7O3/c1-15(2)19-13-33(20-10-18(22(27)34)8-9-28-20)24-21(19)23(29-14-30-24)31-11-17(4)32(12-16(31)3)25(35)36-26(5,6)7/h8-10,13-17H,11-12H2,1-7H3,(H2,27,34)/t16?,17-/m0/s1. The average Bonchev–Trinajstić information content (AvgIpc) is 3.19. The number of aromatic nitrogens is 4. The van der Waals surface area contributed by atoms with Gasteiger partial charge < -0.3 is 20.3 Å². The van der Waals surface area contributed by atoms with Crippen molar-refractivity contribution in [3.05, 3.63) is 42.0 Å². The number of primary amides is 1. The normalized spacial score (nSPS) is 18.7. The van der Waals surface area contributed by atoms with Crippen LogP contribution < -0.4 is 10.6 Å². The fourth-order valence-corrected chi connectivity index (χ4v) is 4.60. The van der Waals surface area contributed by atoms with Gasteiger partial charge in [0, 0.05) is 43.1 Å². The molecule has 0 radical (unpaired) electrons. The van der Waals surface area contributed by atoms with Crippen LogP contribution in [0.4, 0.5) is 10.6 Å². The van der Waals surface area contributed by atoms with Crippen LogP contribution in [0.2, 0.25) is 0 Å². The minimum Gasteiger partial charge on any atom is -0.444 e. The van der Waals surface area contributed by atoms with E-state index >= 15 is 0 Å². The molecule has 1 aliphatic heterocycles. The Labute approximate surface area is 211 Å². The third-order valence-electron chi connectivity index (χ3n) is 6.38. The highest BCUT2D eigenvalue weighted by atomic mass is 16.6. The van der Waals surface area contributed by atoms with E-state index in [2.05, 4.69) is 35.6 Å². The zero-order chi connectivity index (χ0) is 26.4. The third-order valence-corrected chi connectivity index (χ3v) is 6.38. The molecule has 2 N–H and O–H groups in total. The predicted octanol–water partition coefficient (Wildman–Crippen LogP) is 3.87. The molecule has 1 saturated heterocycles. The smallest absolute Gasteiger partial charge is 0.410 e. The van der Waals surface area contributed by atoms with Crippen LogP contribution in [0, 0.1) is 0 Å². The van der Waals surface area contributed by atoms with Gasteiger partial charge >= 0.3 is 6.09 Å². The summed E-state index contributed by atoms with van der Waals surface area (Å²) in [5.74, 6) is 1.05. The maximum Gasteiger partial charge on any atom is 0.410 e. The maximum absolute atomic E-state index is 12.8. The van der Waals surface area contributed by atoms with Gasteiger partial charge in [0.1, 0.15) is 23.6 Å². The first-order valence-electron chi connectivity index (χ1n) is 12.3. The van der Waals surface area contributed by atoms with E-state index in [4.69, 9.17) is 15.5 Å². The Morgan fingerprint density at radius 1 is 1.11 bits per heavy atom. The number of nitrogens with two attached hydrogens (primary N) is 1. The molecule has 1 fully saturated rings. The number of rotatable bonds is 4. The van der Waals surface area contributed by atoms with Crippen LogP contribution in [0.25, 0.3) is 16.9 Å². The van der Waals surface area contributed by atoms with Crippen molar-refractivity contribution in [2.24, 2.45) is 5.73 Å². The van der Waals surface area contributed by atoms with Gasteiger partial charge in [0.25, 0.3) is 0 Å². The Morgan fingerprint density at radius 2 is 1.83 bits per heavy atom. The number of piperazine rings is 1. The van der Waals surface area contributed by atoms with E-state index in [1.807, 2.05) is 38.5 Å². The van der Waals surface area contributed by atoms with Gasteiger partial charge in [-0.25, -0.2) is 19.7 Å². The van der Waals surface area contributed by atoms with Gasteiger partial charge in [-0.3, -0.25) is 9.36 Å². The topological polar surface area (TPSA) is 119 Å². The van der Waals surface area contributed by atoms with Crippen LogP contribution in [-0.4, -0.2) is 67.2 Å². The molecule has 0 saturated carbocycles. The summed E-state index contributed by atoms with van der Waals surface area (Å²) in [5.41, 5.74) is 7.10. The summed E-state index contributed by atoms with van der Waals surface area (Å²) < 4.78 is 7.52. The summed E-state index contributed by atoms with van der Waals surface area (Å²) in [5, 5.41) is 0.934. The fraction of sp³-hybridized carbons (Fsp3) is 0.500. The molecule has 192 valence electrons. The fourth-order valence-electron chi connectivity index (χ4n) is 4.60. The number of ether oxygens (including phenoxy) is 1. The molecule has 1 aliphatic rings. The third kappa shape index (κ3) is 4.84. The molecule has 10 heteroatoms. The van der Waals surface area contributed by atoms with E-state index in [1.54, 1.807) is 29.6 Å². The van der Waals surface area contributed by atoms with Crippen molar-refractivity contribution in [1.82, 2.24) is 24.4 Å². The first-order valence-corrected chi connectivity index (χ1v) is 12.3. The largest absolute Gasteiger partial charge is 0.444 e. The Morgan fingerprint density at radius 3 is 2.47 bits per heavy atom. The lowest BCUT2D eigenvalue weighted by Gasteiger charge is -2.44. The number of fused-ring (bicyclic) bond motifs is 1. The zero-order valence-corrected chi connectivity index (χ0v) is 22.0. The van der Waals surface area contributed by atoms with E-state index in [0.717, 1.165) is 16.8 Å². The second-order valence-corrected chi connectivity index (χ2v) is 10.8. The van der Waals surface area contributed by atoms with E-state index in [9.17, 15) is 9.59 Å². The summed E-state index contributed by atoms with van der Waals surface area (Å²) in [6.07, 6.45) is 4.82. The van der Waals surface area contributed by atoms with Crippen molar-refractivity contribution in [2.75, 3.05) is 18.0 Å². The molecule has 4 rings (SSSR count). The quantitative estimate of drug-likeness (QED) is 0.586. The number of carbonyl (C=O) groups excluding carboxylic acids is 2. The molecule has 2 amide bonds. The summed E-state index contributed by atoms with van der Waals surface area (Å²) >= 11 is 0. The van der Waals surface area contributed by atoms with Gasteiger partial charge in [-0.2, -0.15) is 0 Å². The molecule has 2 atom stereocenters. The molecule has 0 bridgehead atoms. The van der Waals surface area contributed by atoms with Gasteiger partial charge in [0.2, 0.25) is 5.91 Å². The summed E-state index contributed by atoms with van der Waals surface area (Å²) in [6.45, 7) is 15.1. The number of pyridine rings is 1. The zero-order valence-electron chi connectivity index (χ0n) is 22.0. The van der Waals surface area contributed by atoms with Crippen LogP contribution in [0.15, 0.2) is 30.9 Å². The second-order valence-electron chi connectivity index (χ2n) is 10.8. The highest BCUT2D eigenvalue weighted by molar-refractivity contribution is 5.95. The van der Waals surface area contributed by atoms with Gasteiger partial charge in [-0.1, -0.05) is 13.8 Å². The van der Waals surface area contributed by atoms with Crippen LogP contribution in [-0.2, 0) is 4.74 Å². The summed E-state index contributed by atoms with van der Waals surface area (Å²) in [6, 6.07) is 3.19. The lowest BCUT2D eigenvalue weighted by atomic mass is 10.0. The first kappa shape index (κ1) is 25.4. The SMILES string of the molecule is CC(C)c1cn(-c2cc(C(N)=O)ccn2)c2ncnc(N3C[C@H](C)N(C(=O)OC(C)(C)C)CC3C)c12. The molecule has 1 unspecified atom stereocenters. The maximum atomic E-state index is 12.8. The number of anilines is 1. The number of hydrogen-bond acceptors (Lipinski definition) is 7. The summed E-state index contributed by atoms with van der Waals surface area (Å²) in [7, 11) is 0. The van der Waals surface area contributed by atoms with Crippen molar-refractivity contribution >= 4 is 28.9 Å². The highest BCUT2D eigenvalue weighted by Crippen LogP contribution is 2.36. The van der Waals surface area contributed by atoms with Crippen LogP contribution in [0.1, 0.15) is 70.3 Å². The minimum atomic E-state index is -0.551. The molecule has 0 aromatic carbocycles. The molecule has 3 aromatic rings. The van der Waals surface area contributed by atoms with Gasteiger partial charge in [-0.15, -0.1) is 0 Å². The lowest BCUT2D eigenvalue weighted by Crippen LogP contribution is -2.59. The number of hydrogen-bond donors (Lipinski definition) is 1. The minimum absolute atomic E-state index is 0.00601. The van der Waals surface area contributed by atoms with Gasteiger partial charge in [0.15, 0.2) is 5.65 Å². The number of amides is 2. The lowest BCUT2D eigenvalue weighted by molar-refractivity contribution is 0.0130. The van der Waals surface area contributed by atoms with E-state index in [-0.39, 0.29) is 24.1 Å². The number of nitrogens with zero attached hydrogens (tertiary/aromatic N) is 6. The van der Waals surface area contributed by atoms with Crippen LogP contribution >= 0.6 is 0 Å². The van der Waals surface area contributed by atoms with Gasteiger partial charge in [0.05, 0.1) is 5.39 Å². The predicted molar refractivity (Wildman–Crippen MR) is 138 cm³/mol. The molecule has 10 nitrogen and oxygen atoms in total. The average molecular weight is 494 g/mol. The second kappa shape index (κ2) is 9.40. The Hall–Kier alpha value is -3.69. The van der Waals surface area contributed by atoms with Crippen LogP contribution in [0.5, 0.6) is 0 Å². The van der Waals surface area contributed by atoms with Gasteiger partial charge in [-0.05, 0) is 58.2 Å². The van der Waals surface area contributed by atoms with E-state index in [0.29, 0.717) is 30.1 Å². The van der Waals surface area contributed by atoms with Crippen molar-refractivity contribution in [3.63, 3.8) is 0 Å². The van der Waals surface area contributed by atoms with Crippen molar-refractivity contribution < 1.29 is 14.3 Å². The van der Waals surface area contributed by atoms with Crippen molar-refractivity contribution in [1.29, 1.82) is 0 Å². The molecule has 3 aromatic heterocycles. The Bertz CT molecular complexity index is 1290. The molecule has 36 heavy (non-hydrogen) atoms.